The number of hydrogen-bond donors (Lipinski definition) is 1. The number of benzene rings is 3. The fraction of sp³-hybridized carbons (Fsp3) is 0.355. The summed E-state index contributed by atoms with van der Waals surface area (Å²) in [5.41, 5.74) is 5.40. The first-order chi connectivity index (χ1) is 18.9. The lowest BCUT2D eigenvalue weighted by Gasteiger charge is -2.18. The normalized spacial score (nSPS) is 14.6. The number of nitrogens with one attached hydrogen (secondary N) is 1. The minimum absolute atomic E-state index is 0.00887. The van der Waals surface area contributed by atoms with Gasteiger partial charge < -0.3 is 29.2 Å². The number of nitrogens with zero attached hydrogens (tertiary/aromatic N) is 1. The molecule has 2 aliphatic rings. The number of hydrogen-bond acceptors (Lipinski definition) is 6. The Morgan fingerprint density at radius 3 is 2.49 bits per heavy atom. The van der Waals surface area contributed by atoms with Crippen LogP contribution in [0.3, 0.4) is 0 Å². The Hall–Kier alpha value is -3.88. The van der Waals surface area contributed by atoms with Crippen molar-refractivity contribution in [3.63, 3.8) is 0 Å². The maximum Gasteiger partial charge on any atom is 0.248 e. The second-order valence-electron chi connectivity index (χ2n) is 10.1. The van der Waals surface area contributed by atoms with Crippen LogP contribution in [0.5, 0.6) is 11.5 Å². The van der Waals surface area contributed by atoms with E-state index in [2.05, 4.69) is 12.2 Å². The molecule has 1 aliphatic heterocycles. The lowest BCUT2D eigenvalue weighted by Crippen LogP contribution is -2.30. The molecule has 0 radical (unpaired) electrons. The molecule has 5 rings (SSSR count). The summed E-state index contributed by atoms with van der Waals surface area (Å²) < 4.78 is 21.2. The Labute approximate surface area is 228 Å². The van der Waals surface area contributed by atoms with Gasteiger partial charge >= 0.3 is 0 Å². The third-order valence-corrected chi connectivity index (χ3v) is 7.37. The lowest BCUT2D eigenvalue weighted by atomic mass is 9.94. The molecule has 8 nitrogen and oxygen atoms in total. The Bertz CT molecular complexity index is 1350. The highest BCUT2D eigenvalue weighted by atomic mass is 16.7. The molecular formula is C31H34N2O6. The third-order valence-electron chi connectivity index (χ3n) is 7.37. The Morgan fingerprint density at radius 2 is 1.74 bits per heavy atom. The fourth-order valence-electron chi connectivity index (χ4n) is 4.79. The molecule has 39 heavy (non-hydrogen) atoms. The predicted molar refractivity (Wildman–Crippen MR) is 148 cm³/mol. The molecule has 1 heterocycles. The van der Waals surface area contributed by atoms with Crippen molar-refractivity contribution in [2.45, 2.75) is 31.7 Å². The highest BCUT2D eigenvalue weighted by molar-refractivity contribution is 6.02. The van der Waals surface area contributed by atoms with Gasteiger partial charge in [-0.05, 0) is 71.8 Å². The number of amides is 2. The van der Waals surface area contributed by atoms with Crippen LogP contribution >= 0.6 is 0 Å². The molecule has 0 aromatic heterocycles. The van der Waals surface area contributed by atoms with Gasteiger partial charge in [-0.1, -0.05) is 36.4 Å². The molecule has 8 heteroatoms. The molecule has 0 bridgehead atoms. The fourth-order valence-corrected chi connectivity index (χ4v) is 4.79. The number of carbonyl (C=O) groups is 2. The van der Waals surface area contributed by atoms with Gasteiger partial charge in [0.1, 0.15) is 6.61 Å². The summed E-state index contributed by atoms with van der Waals surface area (Å²) >= 11 is 0. The molecule has 0 atom stereocenters. The van der Waals surface area contributed by atoms with Crippen LogP contribution in [-0.2, 0) is 31.0 Å². The van der Waals surface area contributed by atoms with E-state index in [1.807, 2.05) is 60.7 Å². The van der Waals surface area contributed by atoms with Crippen LogP contribution in [0.25, 0.3) is 11.1 Å². The Balaban J connectivity index is 1.24. The largest absolute Gasteiger partial charge is 0.454 e. The number of fused-ring (bicyclic) bond motifs is 1. The number of methoxy groups -OCH3 is 1. The molecular weight excluding hydrogens is 496 g/mol. The summed E-state index contributed by atoms with van der Waals surface area (Å²) in [5.74, 6) is 1.32. The van der Waals surface area contributed by atoms with Crippen LogP contribution < -0.4 is 14.8 Å². The Morgan fingerprint density at radius 1 is 0.974 bits per heavy atom. The quantitative estimate of drug-likeness (QED) is 0.362. The zero-order chi connectivity index (χ0) is 27.4. The standard InChI is InChI=1S/C31H34N2O6/c1-21-4-10-25(32-30(35)31(12-13-31)24-9-11-27-28(16-24)39-20-38-27)17-26(21)23-7-5-22(6-8-23)18-33(2)29(34)19-37-15-14-36-3/h4-11,16-17H,12-15,18-20H2,1-3H3,(H,32,35). The summed E-state index contributed by atoms with van der Waals surface area (Å²) in [6, 6.07) is 19.9. The van der Waals surface area contributed by atoms with Gasteiger partial charge in [0.05, 0.1) is 18.6 Å². The first-order valence-electron chi connectivity index (χ1n) is 13.1. The van der Waals surface area contributed by atoms with Crippen LogP contribution in [0.4, 0.5) is 5.69 Å². The lowest BCUT2D eigenvalue weighted by molar-refractivity contribution is -0.135. The van der Waals surface area contributed by atoms with Crippen LogP contribution in [0.1, 0.15) is 29.5 Å². The number of ether oxygens (including phenoxy) is 4. The van der Waals surface area contributed by atoms with Crippen LogP contribution in [-0.4, -0.2) is 57.5 Å². The minimum atomic E-state index is -0.536. The molecule has 1 aliphatic carbocycles. The van der Waals surface area contributed by atoms with Gasteiger partial charge in [-0.2, -0.15) is 0 Å². The van der Waals surface area contributed by atoms with E-state index in [-0.39, 0.29) is 25.2 Å². The van der Waals surface area contributed by atoms with E-state index >= 15 is 0 Å². The number of rotatable bonds is 11. The number of carbonyl (C=O) groups excluding carboxylic acids is 2. The molecule has 0 saturated heterocycles. The molecule has 0 unspecified atom stereocenters. The molecule has 1 N–H and O–H groups in total. The molecule has 204 valence electrons. The van der Waals surface area contributed by atoms with E-state index in [1.54, 1.807) is 19.1 Å². The molecule has 3 aromatic rings. The van der Waals surface area contributed by atoms with Gasteiger partial charge in [0, 0.05) is 26.4 Å². The highest BCUT2D eigenvalue weighted by Gasteiger charge is 2.51. The van der Waals surface area contributed by atoms with Crippen LogP contribution in [0, 0.1) is 6.92 Å². The van der Waals surface area contributed by atoms with Gasteiger partial charge in [0.15, 0.2) is 11.5 Å². The zero-order valence-electron chi connectivity index (χ0n) is 22.6. The van der Waals surface area contributed by atoms with Crippen LogP contribution in [0.15, 0.2) is 60.7 Å². The van der Waals surface area contributed by atoms with Gasteiger partial charge in [-0.25, -0.2) is 0 Å². The van der Waals surface area contributed by atoms with Crippen molar-refractivity contribution < 1.29 is 28.5 Å². The predicted octanol–water partition coefficient (Wildman–Crippen LogP) is 4.68. The SMILES string of the molecule is COCCOCC(=O)N(C)Cc1ccc(-c2cc(NC(=O)C3(c4ccc5c(c4)OCO5)CC3)ccc2C)cc1. The van der Waals surface area contributed by atoms with E-state index < -0.39 is 5.41 Å². The first-order valence-corrected chi connectivity index (χ1v) is 13.1. The number of anilines is 1. The maximum absolute atomic E-state index is 13.4. The first kappa shape index (κ1) is 26.7. The summed E-state index contributed by atoms with van der Waals surface area (Å²) in [6.45, 7) is 3.64. The van der Waals surface area contributed by atoms with Crippen molar-refractivity contribution in [2.75, 3.05) is 46.1 Å². The molecule has 0 spiro atoms. The van der Waals surface area contributed by atoms with Crippen molar-refractivity contribution in [1.29, 1.82) is 0 Å². The smallest absolute Gasteiger partial charge is 0.248 e. The van der Waals surface area contributed by atoms with Crippen molar-refractivity contribution in [1.82, 2.24) is 4.90 Å². The Kier molecular flexibility index (Phi) is 7.86. The van der Waals surface area contributed by atoms with Gasteiger partial charge in [-0.3, -0.25) is 9.59 Å². The topological polar surface area (TPSA) is 86.3 Å². The molecule has 1 saturated carbocycles. The second-order valence-corrected chi connectivity index (χ2v) is 10.1. The second kappa shape index (κ2) is 11.5. The monoisotopic (exact) mass is 530 g/mol. The van der Waals surface area contributed by atoms with E-state index in [0.717, 1.165) is 52.1 Å². The van der Waals surface area contributed by atoms with E-state index in [4.69, 9.17) is 18.9 Å². The van der Waals surface area contributed by atoms with E-state index in [0.29, 0.717) is 25.5 Å². The van der Waals surface area contributed by atoms with Crippen LogP contribution in [0.2, 0.25) is 0 Å². The zero-order valence-corrected chi connectivity index (χ0v) is 22.6. The maximum atomic E-state index is 13.4. The molecule has 1 fully saturated rings. The molecule has 2 amide bonds. The minimum Gasteiger partial charge on any atom is -0.454 e. The summed E-state index contributed by atoms with van der Waals surface area (Å²) in [6.07, 6.45) is 1.60. The highest BCUT2D eigenvalue weighted by Crippen LogP contribution is 2.51. The summed E-state index contributed by atoms with van der Waals surface area (Å²) in [7, 11) is 3.36. The van der Waals surface area contributed by atoms with Crippen molar-refractivity contribution in [3.05, 3.63) is 77.4 Å². The van der Waals surface area contributed by atoms with Crippen molar-refractivity contribution in [2.24, 2.45) is 0 Å². The molecule has 3 aromatic carbocycles. The third kappa shape index (κ3) is 5.92. The van der Waals surface area contributed by atoms with Gasteiger partial charge in [0.2, 0.25) is 18.6 Å². The van der Waals surface area contributed by atoms with Gasteiger partial charge in [-0.15, -0.1) is 0 Å². The van der Waals surface area contributed by atoms with Gasteiger partial charge in [0.25, 0.3) is 0 Å². The summed E-state index contributed by atoms with van der Waals surface area (Å²) in [5, 5.41) is 3.15. The van der Waals surface area contributed by atoms with Crippen molar-refractivity contribution in [3.8, 4) is 22.6 Å². The van der Waals surface area contributed by atoms with E-state index in [9.17, 15) is 9.59 Å². The van der Waals surface area contributed by atoms with Crippen molar-refractivity contribution >= 4 is 17.5 Å². The van der Waals surface area contributed by atoms with E-state index in [1.165, 1.54) is 0 Å². The number of aryl methyl sites for hydroxylation is 1. The average molecular weight is 531 g/mol. The summed E-state index contributed by atoms with van der Waals surface area (Å²) in [4.78, 5) is 27.3. The number of likely N-dealkylation sites (N-methyl/N-ethyl adjacent to an activating group) is 1. The average Bonchev–Trinajstić information content (AvgIpc) is 3.63.